The fourth-order valence-corrected chi connectivity index (χ4v) is 2.10. The lowest BCUT2D eigenvalue weighted by Crippen LogP contribution is -2.26. The van der Waals surface area contributed by atoms with Crippen LogP contribution in [0.2, 0.25) is 0 Å². The molecular weight excluding hydrogens is 296 g/mol. The molecule has 0 aliphatic heterocycles. The Bertz CT molecular complexity index is 652. The highest BCUT2D eigenvalue weighted by Gasteiger charge is 2.13. The van der Waals surface area contributed by atoms with Crippen LogP contribution in [-0.4, -0.2) is 46.4 Å². The minimum atomic E-state index is -0.547. The molecule has 0 aliphatic rings. The molecule has 0 spiro atoms. The van der Waals surface area contributed by atoms with Gasteiger partial charge in [0.15, 0.2) is 0 Å². The summed E-state index contributed by atoms with van der Waals surface area (Å²) >= 11 is 0. The largest absolute Gasteiger partial charge is 0.497 e. The monoisotopic (exact) mass is 316 g/mol. The molecule has 0 fully saturated rings. The van der Waals surface area contributed by atoms with Crippen LogP contribution in [0.25, 0.3) is 0 Å². The van der Waals surface area contributed by atoms with E-state index in [1.165, 1.54) is 13.4 Å². The van der Waals surface area contributed by atoms with E-state index in [9.17, 15) is 4.79 Å². The molecule has 0 saturated carbocycles. The van der Waals surface area contributed by atoms with Crippen molar-refractivity contribution in [1.82, 2.24) is 19.7 Å². The minimum absolute atomic E-state index is 0.0514. The second-order valence-electron chi connectivity index (χ2n) is 4.89. The molecule has 122 valence electrons. The average Bonchev–Trinajstić information content (AvgIpc) is 3.03. The van der Waals surface area contributed by atoms with Gasteiger partial charge in [0.05, 0.1) is 20.9 Å². The maximum atomic E-state index is 11.4. The molecule has 1 aromatic heterocycles. The number of esters is 1. The van der Waals surface area contributed by atoms with Gasteiger partial charge < -0.3 is 9.47 Å². The number of methoxy groups -OCH3 is 2. The van der Waals surface area contributed by atoms with Gasteiger partial charge in [0.2, 0.25) is 0 Å². The number of hydrogen-bond donors (Lipinski definition) is 0. The van der Waals surface area contributed by atoms with Gasteiger partial charge in [-0.2, -0.15) is 0 Å². The second-order valence-corrected chi connectivity index (χ2v) is 4.89. The lowest BCUT2D eigenvalue weighted by molar-refractivity contribution is 0.0585. The van der Waals surface area contributed by atoms with E-state index in [4.69, 9.17) is 4.74 Å². The van der Waals surface area contributed by atoms with E-state index >= 15 is 0 Å². The quantitative estimate of drug-likeness (QED) is 0.545. The van der Waals surface area contributed by atoms with E-state index in [1.807, 2.05) is 30.3 Å². The number of hydrogen-bond acceptors (Lipinski definition) is 6. The Labute approximate surface area is 135 Å². The second kappa shape index (κ2) is 8.09. The SMILES string of the molecule is C=CCN(Cc1ccc(OC)cc1)Cn1cnc(C(=O)OC)n1. The van der Waals surface area contributed by atoms with Crippen molar-refractivity contribution < 1.29 is 14.3 Å². The third-order valence-electron chi connectivity index (χ3n) is 3.20. The lowest BCUT2D eigenvalue weighted by atomic mass is 10.2. The normalized spacial score (nSPS) is 10.6. The summed E-state index contributed by atoms with van der Waals surface area (Å²) < 4.78 is 11.4. The van der Waals surface area contributed by atoms with Crippen molar-refractivity contribution in [3.8, 4) is 5.75 Å². The van der Waals surface area contributed by atoms with Crippen molar-refractivity contribution in [1.29, 1.82) is 0 Å². The van der Waals surface area contributed by atoms with Crippen molar-refractivity contribution in [3.63, 3.8) is 0 Å². The van der Waals surface area contributed by atoms with Gasteiger partial charge in [-0.05, 0) is 17.7 Å². The van der Waals surface area contributed by atoms with Crippen molar-refractivity contribution in [2.45, 2.75) is 13.2 Å². The molecule has 2 aromatic rings. The highest BCUT2D eigenvalue weighted by molar-refractivity contribution is 5.84. The summed E-state index contributed by atoms with van der Waals surface area (Å²) in [5.74, 6) is 0.327. The number of aromatic nitrogens is 3. The van der Waals surface area contributed by atoms with Gasteiger partial charge in [-0.15, -0.1) is 11.7 Å². The number of benzene rings is 1. The topological polar surface area (TPSA) is 69.5 Å². The van der Waals surface area contributed by atoms with Gasteiger partial charge in [0.1, 0.15) is 12.1 Å². The molecule has 0 unspecified atom stereocenters. The van der Waals surface area contributed by atoms with Gasteiger partial charge in [0, 0.05) is 13.1 Å². The highest BCUT2D eigenvalue weighted by Crippen LogP contribution is 2.13. The van der Waals surface area contributed by atoms with Crippen LogP contribution < -0.4 is 4.74 Å². The average molecular weight is 316 g/mol. The molecule has 0 amide bonds. The Balaban J connectivity index is 2.04. The summed E-state index contributed by atoms with van der Waals surface area (Å²) in [4.78, 5) is 17.4. The minimum Gasteiger partial charge on any atom is -0.497 e. The van der Waals surface area contributed by atoms with E-state index in [0.29, 0.717) is 19.8 Å². The van der Waals surface area contributed by atoms with Crippen molar-refractivity contribution in [3.05, 3.63) is 54.6 Å². The van der Waals surface area contributed by atoms with Crippen LogP contribution in [0.3, 0.4) is 0 Å². The highest BCUT2D eigenvalue weighted by atomic mass is 16.5. The molecule has 0 aliphatic carbocycles. The summed E-state index contributed by atoms with van der Waals surface area (Å²) in [7, 11) is 2.94. The van der Waals surface area contributed by atoms with Crippen LogP contribution in [0.4, 0.5) is 0 Å². The Kier molecular flexibility index (Phi) is 5.87. The van der Waals surface area contributed by atoms with E-state index in [0.717, 1.165) is 11.3 Å². The maximum absolute atomic E-state index is 11.4. The fraction of sp³-hybridized carbons (Fsp3) is 0.312. The molecule has 7 heteroatoms. The molecule has 2 rings (SSSR count). The van der Waals surface area contributed by atoms with Crippen LogP contribution in [0, 0.1) is 0 Å². The molecule has 7 nitrogen and oxygen atoms in total. The molecular formula is C16H20N4O3. The Morgan fingerprint density at radius 3 is 2.70 bits per heavy atom. The molecule has 23 heavy (non-hydrogen) atoms. The Hall–Kier alpha value is -2.67. The summed E-state index contributed by atoms with van der Waals surface area (Å²) in [5.41, 5.74) is 1.14. The Morgan fingerprint density at radius 1 is 1.35 bits per heavy atom. The third-order valence-corrected chi connectivity index (χ3v) is 3.20. The van der Waals surface area contributed by atoms with Crippen LogP contribution in [0.15, 0.2) is 43.2 Å². The van der Waals surface area contributed by atoms with Crippen molar-refractivity contribution in [2.75, 3.05) is 20.8 Å². The number of ether oxygens (including phenoxy) is 2. The zero-order chi connectivity index (χ0) is 16.7. The van der Waals surface area contributed by atoms with E-state index in [-0.39, 0.29) is 5.82 Å². The van der Waals surface area contributed by atoms with Crippen molar-refractivity contribution >= 4 is 5.97 Å². The van der Waals surface area contributed by atoms with E-state index in [1.54, 1.807) is 11.8 Å². The summed E-state index contributed by atoms with van der Waals surface area (Å²) in [5, 5.41) is 4.11. The number of carbonyl (C=O) groups is 1. The number of nitrogens with zero attached hydrogens (tertiary/aromatic N) is 4. The smallest absolute Gasteiger partial charge is 0.377 e. The molecule has 0 atom stereocenters. The predicted molar refractivity (Wildman–Crippen MR) is 85.0 cm³/mol. The molecule has 0 radical (unpaired) electrons. The summed E-state index contributed by atoms with van der Waals surface area (Å²) in [6, 6.07) is 7.87. The van der Waals surface area contributed by atoms with Crippen molar-refractivity contribution in [2.24, 2.45) is 0 Å². The Morgan fingerprint density at radius 2 is 2.09 bits per heavy atom. The molecule has 1 aromatic carbocycles. The van der Waals surface area contributed by atoms with Gasteiger partial charge in [-0.1, -0.05) is 18.2 Å². The lowest BCUT2D eigenvalue weighted by Gasteiger charge is -2.20. The first-order chi connectivity index (χ1) is 11.2. The standard InChI is InChI=1S/C16H20N4O3/c1-4-9-19(10-13-5-7-14(22-2)8-6-13)12-20-11-17-15(18-20)16(21)23-3/h4-8,11H,1,9-10,12H2,2-3H3. The maximum Gasteiger partial charge on any atom is 0.377 e. The summed E-state index contributed by atoms with van der Waals surface area (Å²) in [6.07, 6.45) is 3.33. The van der Waals surface area contributed by atoms with E-state index in [2.05, 4.69) is 26.3 Å². The first-order valence-electron chi connectivity index (χ1n) is 7.10. The molecule has 0 saturated heterocycles. The van der Waals surface area contributed by atoms with Crippen LogP contribution in [0.5, 0.6) is 5.75 Å². The van der Waals surface area contributed by atoms with Gasteiger partial charge in [0.25, 0.3) is 5.82 Å². The zero-order valence-corrected chi connectivity index (χ0v) is 13.3. The van der Waals surface area contributed by atoms with Gasteiger partial charge in [-0.25, -0.2) is 14.5 Å². The van der Waals surface area contributed by atoms with Crippen LogP contribution in [0.1, 0.15) is 16.2 Å². The predicted octanol–water partition coefficient (Wildman–Crippen LogP) is 1.72. The molecule has 0 N–H and O–H groups in total. The number of rotatable bonds is 8. The molecule has 1 heterocycles. The van der Waals surface area contributed by atoms with Crippen LogP contribution in [-0.2, 0) is 18.0 Å². The summed E-state index contributed by atoms with van der Waals surface area (Å²) in [6.45, 7) is 5.66. The van der Waals surface area contributed by atoms with Gasteiger partial charge >= 0.3 is 5.97 Å². The first kappa shape index (κ1) is 16.7. The fourth-order valence-electron chi connectivity index (χ4n) is 2.10. The third kappa shape index (κ3) is 4.65. The zero-order valence-electron chi connectivity index (χ0n) is 13.3. The van der Waals surface area contributed by atoms with Crippen LogP contribution >= 0.6 is 0 Å². The van der Waals surface area contributed by atoms with Gasteiger partial charge in [-0.3, -0.25) is 4.90 Å². The molecule has 0 bridgehead atoms. The first-order valence-corrected chi connectivity index (χ1v) is 7.10. The number of carbonyl (C=O) groups excluding carboxylic acids is 1. The van der Waals surface area contributed by atoms with E-state index < -0.39 is 5.97 Å².